The standard InChI is InChI=1S/C13H18O3/c1-13(2)15-9-12(16-13)11(14)8-10-6-4-3-5-7-10/h3-7,11-12,14H,8-9H2,1-2H3/t11-,12-/m1/s1. The summed E-state index contributed by atoms with van der Waals surface area (Å²) in [5.41, 5.74) is 1.11. The molecule has 88 valence electrons. The van der Waals surface area contributed by atoms with Crippen LogP contribution in [0, 0.1) is 0 Å². The molecule has 1 heterocycles. The van der Waals surface area contributed by atoms with E-state index >= 15 is 0 Å². The number of hydrogen-bond acceptors (Lipinski definition) is 3. The molecule has 1 aliphatic rings. The van der Waals surface area contributed by atoms with E-state index in [1.165, 1.54) is 0 Å². The van der Waals surface area contributed by atoms with Gasteiger partial charge in [0.2, 0.25) is 0 Å². The molecule has 0 spiro atoms. The third-order valence-corrected chi connectivity index (χ3v) is 2.75. The van der Waals surface area contributed by atoms with E-state index in [2.05, 4.69) is 0 Å². The minimum atomic E-state index is -0.567. The molecule has 3 nitrogen and oxygen atoms in total. The van der Waals surface area contributed by atoms with E-state index in [1.54, 1.807) is 0 Å². The fraction of sp³-hybridized carbons (Fsp3) is 0.538. The number of rotatable bonds is 3. The Bertz CT molecular complexity index is 334. The molecule has 1 aromatic rings. The molecule has 1 N–H and O–H groups in total. The summed E-state index contributed by atoms with van der Waals surface area (Å²) in [7, 11) is 0. The highest BCUT2D eigenvalue weighted by Gasteiger charge is 2.36. The first kappa shape index (κ1) is 11.6. The molecule has 0 saturated carbocycles. The van der Waals surface area contributed by atoms with Crippen LogP contribution < -0.4 is 0 Å². The van der Waals surface area contributed by atoms with Crippen molar-refractivity contribution in [3.63, 3.8) is 0 Å². The predicted octanol–water partition coefficient (Wildman–Crippen LogP) is 1.74. The van der Waals surface area contributed by atoms with E-state index in [0.29, 0.717) is 13.0 Å². The first-order valence-corrected chi connectivity index (χ1v) is 5.60. The molecule has 0 amide bonds. The first-order valence-electron chi connectivity index (χ1n) is 5.60. The molecule has 0 bridgehead atoms. The van der Waals surface area contributed by atoms with Crippen LogP contribution in [0.3, 0.4) is 0 Å². The Morgan fingerprint density at radius 2 is 2.06 bits per heavy atom. The average Bonchev–Trinajstić information content (AvgIpc) is 2.60. The van der Waals surface area contributed by atoms with Crippen LogP contribution in [0.15, 0.2) is 30.3 Å². The molecule has 0 aromatic heterocycles. The number of benzene rings is 1. The fourth-order valence-corrected chi connectivity index (χ4v) is 1.89. The Morgan fingerprint density at radius 3 is 2.62 bits per heavy atom. The highest BCUT2D eigenvalue weighted by atomic mass is 16.7. The van der Waals surface area contributed by atoms with Crippen LogP contribution >= 0.6 is 0 Å². The lowest BCUT2D eigenvalue weighted by molar-refractivity contribution is -0.150. The molecule has 0 unspecified atom stereocenters. The molecule has 2 atom stereocenters. The maximum absolute atomic E-state index is 10.0. The van der Waals surface area contributed by atoms with Crippen molar-refractivity contribution in [1.29, 1.82) is 0 Å². The topological polar surface area (TPSA) is 38.7 Å². The zero-order valence-corrected chi connectivity index (χ0v) is 9.72. The normalized spacial score (nSPS) is 25.6. The van der Waals surface area contributed by atoms with Gasteiger partial charge < -0.3 is 14.6 Å². The van der Waals surface area contributed by atoms with E-state index in [-0.39, 0.29) is 6.10 Å². The highest BCUT2D eigenvalue weighted by molar-refractivity contribution is 5.15. The van der Waals surface area contributed by atoms with Gasteiger partial charge in [-0.3, -0.25) is 0 Å². The van der Waals surface area contributed by atoms with E-state index < -0.39 is 11.9 Å². The summed E-state index contributed by atoms with van der Waals surface area (Å²) in [6.45, 7) is 4.19. The van der Waals surface area contributed by atoms with Gasteiger partial charge in [-0.2, -0.15) is 0 Å². The molecular formula is C13H18O3. The van der Waals surface area contributed by atoms with Crippen molar-refractivity contribution in [2.75, 3.05) is 6.61 Å². The molecule has 0 radical (unpaired) electrons. The maximum Gasteiger partial charge on any atom is 0.163 e. The van der Waals surface area contributed by atoms with Crippen LogP contribution in [0.25, 0.3) is 0 Å². The summed E-state index contributed by atoms with van der Waals surface area (Å²) in [6.07, 6.45) is -0.135. The third kappa shape index (κ3) is 2.82. The van der Waals surface area contributed by atoms with Crippen LogP contribution in [0.5, 0.6) is 0 Å². The lowest BCUT2D eigenvalue weighted by Crippen LogP contribution is -2.32. The average molecular weight is 222 g/mol. The van der Waals surface area contributed by atoms with Crippen LogP contribution in [0.4, 0.5) is 0 Å². The van der Waals surface area contributed by atoms with Gasteiger partial charge in [0.15, 0.2) is 5.79 Å². The van der Waals surface area contributed by atoms with Crippen LogP contribution in [0.2, 0.25) is 0 Å². The minimum Gasteiger partial charge on any atom is -0.390 e. The maximum atomic E-state index is 10.0. The summed E-state index contributed by atoms with van der Waals surface area (Å²) in [6, 6.07) is 9.92. The van der Waals surface area contributed by atoms with Gasteiger partial charge in [-0.05, 0) is 19.4 Å². The number of aliphatic hydroxyl groups is 1. The number of hydrogen-bond donors (Lipinski definition) is 1. The van der Waals surface area contributed by atoms with E-state index in [0.717, 1.165) is 5.56 Å². The van der Waals surface area contributed by atoms with Gasteiger partial charge in [-0.1, -0.05) is 30.3 Å². The van der Waals surface area contributed by atoms with Gasteiger partial charge in [-0.25, -0.2) is 0 Å². The third-order valence-electron chi connectivity index (χ3n) is 2.75. The van der Waals surface area contributed by atoms with Crippen molar-refractivity contribution in [1.82, 2.24) is 0 Å². The Hall–Kier alpha value is -0.900. The van der Waals surface area contributed by atoms with Crippen molar-refractivity contribution < 1.29 is 14.6 Å². The lowest BCUT2D eigenvalue weighted by Gasteiger charge is -2.20. The quantitative estimate of drug-likeness (QED) is 0.846. The second-order valence-electron chi connectivity index (χ2n) is 4.62. The lowest BCUT2D eigenvalue weighted by atomic mass is 10.0. The highest BCUT2D eigenvalue weighted by Crippen LogP contribution is 2.25. The van der Waals surface area contributed by atoms with E-state index in [4.69, 9.17) is 9.47 Å². The van der Waals surface area contributed by atoms with Crippen molar-refractivity contribution in [2.24, 2.45) is 0 Å². The summed E-state index contributed by atoms with van der Waals surface area (Å²) < 4.78 is 11.0. The van der Waals surface area contributed by atoms with Crippen molar-refractivity contribution in [3.05, 3.63) is 35.9 Å². The molecular weight excluding hydrogens is 204 g/mol. The van der Waals surface area contributed by atoms with Crippen molar-refractivity contribution >= 4 is 0 Å². The van der Waals surface area contributed by atoms with Crippen molar-refractivity contribution in [2.45, 2.75) is 38.3 Å². The molecule has 1 aliphatic heterocycles. The predicted molar refractivity (Wildman–Crippen MR) is 61.1 cm³/mol. The second-order valence-corrected chi connectivity index (χ2v) is 4.62. The molecule has 1 aromatic carbocycles. The molecule has 0 aliphatic carbocycles. The molecule has 16 heavy (non-hydrogen) atoms. The smallest absolute Gasteiger partial charge is 0.163 e. The monoisotopic (exact) mass is 222 g/mol. The number of ether oxygens (including phenoxy) is 2. The Kier molecular flexibility index (Phi) is 3.28. The van der Waals surface area contributed by atoms with Gasteiger partial charge >= 0.3 is 0 Å². The number of aliphatic hydroxyl groups excluding tert-OH is 1. The Labute approximate surface area is 96.0 Å². The van der Waals surface area contributed by atoms with E-state index in [9.17, 15) is 5.11 Å². The zero-order valence-electron chi connectivity index (χ0n) is 9.72. The Balaban J connectivity index is 1.92. The summed E-state index contributed by atoms with van der Waals surface area (Å²) in [5, 5.41) is 10.0. The Morgan fingerprint density at radius 1 is 1.38 bits per heavy atom. The van der Waals surface area contributed by atoms with Crippen LogP contribution in [-0.2, 0) is 15.9 Å². The SMILES string of the molecule is CC1(C)OC[C@H]([C@H](O)Cc2ccccc2)O1. The van der Waals surface area contributed by atoms with Gasteiger partial charge in [-0.15, -0.1) is 0 Å². The van der Waals surface area contributed by atoms with Gasteiger partial charge in [0.25, 0.3) is 0 Å². The molecule has 2 rings (SSSR count). The second kappa shape index (κ2) is 4.53. The van der Waals surface area contributed by atoms with E-state index in [1.807, 2.05) is 44.2 Å². The first-order chi connectivity index (χ1) is 7.57. The van der Waals surface area contributed by atoms with Gasteiger partial charge in [0.05, 0.1) is 12.7 Å². The van der Waals surface area contributed by atoms with Gasteiger partial charge in [0.1, 0.15) is 6.10 Å². The summed E-state index contributed by atoms with van der Waals surface area (Å²) in [4.78, 5) is 0. The fourth-order valence-electron chi connectivity index (χ4n) is 1.89. The minimum absolute atomic E-state index is 0.227. The summed E-state index contributed by atoms with van der Waals surface area (Å²) in [5.74, 6) is -0.567. The van der Waals surface area contributed by atoms with Gasteiger partial charge in [0, 0.05) is 6.42 Å². The largest absolute Gasteiger partial charge is 0.390 e. The molecule has 1 fully saturated rings. The molecule has 3 heteroatoms. The van der Waals surface area contributed by atoms with Crippen LogP contribution in [0.1, 0.15) is 19.4 Å². The summed E-state index contributed by atoms with van der Waals surface area (Å²) >= 11 is 0. The van der Waals surface area contributed by atoms with Crippen molar-refractivity contribution in [3.8, 4) is 0 Å². The molecule has 1 saturated heterocycles. The zero-order chi connectivity index (χ0) is 11.6. The van der Waals surface area contributed by atoms with Crippen LogP contribution in [-0.4, -0.2) is 29.7 Å².